The molecule has 21 heavy (non-hydrogen) atoms. The summed E-state index contributed by atoms with van der Waals surface area (Å²) in [6.07, 6.45) is 7.58. The third-order valence-electron chi connectivity index (χ3n) is 5.16. The van der Waals surface area contributed by atoms with E-state index in [2.05, 4.69) is 39.8 Å². The summed E-state index contributed by atoms with van der Waals surface area (Å²) in [6.45, 7) is 8.85. The molecule has 0 heterocycles. The summed E-state index contributed by atoms with van der Waals surface area (Å²) in [5.74, 6) is 1.50. The van der Waals surface area contributed by atoms with Crippen LogP contribution in [0.25, 0.3) is 0 Å². The monoisotopic (exact) mass is 286 g/mol. The van der Waals surface area contributed by atoms with Crippen LogP contribution in [0.3, 0.4) is 0 Å². The number of carbonyl (C=O) groups is 1. The van der Waals surface area contributed by atoms with Crippen molar-refractivity contribution in [1.29, 1.82) is 0 Å². The Hall–Kier alpha value is -1.11. The fourth-order valence-electron chi connectivity index (χ4n) is 3.64. The molecule has 0 unspecified atom stereocenters. The molecule has 0 radical (unpaired) electrons. The minimum absolute atomic E-state index is 0.268. The molecular weight excluding hydrogens is 256 g/mol. The lowest BCUT2D eigenvalue weighted by Gasteiger charge is -2.27. The first-order valence-electron chi connectivity index (χ1n) is 8.79. The number of aryl methyl sites for hydroxylation is 3. The Kier molecular flexibility index (Phi) is 5.61. The lowest BCUT2D eigenvalue weighted by atomic mass is 9.77. The molecule has 1 heteroatoms. The summed E-state index contributed by atoms with van der Waals surface area (Å²) in [4.78, 5) is 13.1. The first kappa shape index (κ1) is 16.3. The maximum absolute atomic E-state index is 13.1. The molecule has 1 aromatic rings. The molecule has 0 aliphatic heterocycles. The molecule has 0 bridgehead atoms. The van der Waals surface area contributed by atoms with Gasteiger partial charge in [0, 0.05) is 11.5 Å². The van der Waals surface area contributed by atoms with Crippen LogP contribution in [0, 0.1) is 11.8 Å². The Labute approximate surface area is 130 Å². The van der Waals surface area contributed by atoms with Crippen LogP contribution in [-0.2, 0) is 19.3 Å². The van der Waals surface area contributed by atoms with Crippen LogP contribution in [0.4, 0.5) is 0 Å². The van der Waals surface area contributed by atoms with Gasteiger partial charge < -0.3 is 0 Å². The van der Waals surface area contributed by atoms with E-state index >= 15 is 0 Å². The van der Waals surface area contributed by atoms with E-state index in [0.717, 1.165) is 43.6 Å². The Morgan fingerprint density at radius 3 is 1.90 bits per heavy atom. The average Bonchev–Trinajstić information content (AvgIpc) is 2.53. The molecule has 1 aliphatic rings. The van der Waals surface area contributed by atoms with Gasteiger partial charge in [0.05, 0.1) is 0 Å². The largest absolute Gasteiger partial charge is 0.294 e. The van der Waals surface area contributed by atoms with Crippen molar-refractivity contribution < 1.29 is 4.79 Å². The third kappa shape index (κ3) is 3.56. The van der Waals surface area contributed by atoms with Gasteiger partial charge in [0.25, 0.3) is 0 Å². The van der Waals surface area contributed by atoms with Gasteiger partial charge in [-0.25, -0.2) is 0 Å². The highest BCUT2D eigenvalue weighted by Crippen LogP contribution is 2.33. The molecule has 0 amide bonds. The van der Waals surface area contributed by atoms with Gasteiger partial charge in [-0.05, 0) is 54.7 Å². The third-order valence-corrected chi connectivity index (χ3v) is 5.16. The van der Waals surface area contributed by atoms with E-state index in [1.807, 2.05) is 0 Å². The number of hydrogen-bond acceptors (Lipinski definition) is 1. The van der Waals surface area contributed by atoms with E-state index in [-0.39, 0.29) is 5.92 Å². The van der Waals surface area contributed by atoms with Gasteiger partial charge in [-0.15, -0.1) is 0 Å². The van der Waals surface area contributed by atoms with E-state index < -0.39 is 0 Å². The first-order valence-corrected chi connectivity index (χ1v) is 8.79. The Morgan fingerprint density at radius 1 is 0.952 bits per heavy atom. The topological polar surface area (TPSA) is 17.1 Å². The summed E-state index contributed by atoms with van der Waals surface area (Å²) >= 11 is 0. The van der Waals surface area contributed by atoms with Crippen LogP contribution in [0.2, 0.25) is 0 Å². The normalized spacial score (nSPS) is 22.3. The predicted octanol–water partition coefficient (Wildman–Crippen LogP) is 5.38. The predicted molar refractivity (Wildman–Crippen MR) is 90.0 cm³/mol. The van der Waals surface area contributed by atoms with Gasteiger partial charge in [0.1, 0.15) is 0 Å². The molecule has 1 aromatic carbocycles. The minimum atomic E-state index is 0.268. The van der Waals surface area contributed by atoms with Crippen molar-refractivity contribution in [2.45, 2.75) is 72.6 Å². The first-order chi connectivity index (χ1) is 10.1. The number of carbonyl (C=O) groups excluding carboxylic acids is 1. The maximum Gasteiger partial charge on any atom is 0.166 e. The molecule has 0 saturated heterocycles. The zero-order valence-electron chi connectivity index (χ0n) is 14.2. The highest BCUT2D eigenvalue weighted by molar-refractivity contribution is 6.00. The molecular formula is C20H30O. The summed E-state index contributed by atoms with van der Waals surface area (Å²) < 4.78 is 0. The number of Topliss-reactive ketones (excluding diaryl/α,β-unsaturated/α-hetero) is 1. The van der Waals surface area contributed by atoms with Crippen molar-refractivity contribution in [1.82, 2.24) is 0 Å². The Bertz CT molecular complexity index is 468. The number of ketones is 1. The second-order valence-electron chi connectivity index (χ2n) is 6.67. The molecule has 1 aliphatic carbocycles. The SMILES string of the molecule is CCc1cc(CC)c(C(=O)C2CCC(C)CC2)c(CC)c1. The van der Waals surface area contributed by atoms with E-state index in [1.54, 1.807) is 0 Å². The lowest BCUT2D eigenvalue weighted by Crippen LogP contribution is -2.23. The highest BCUT2D eigenvalue weighted by Gasteiger charge is 2.27. The maximum atomic E-state index is 13.1. The van der Waals surface area contributed by atoms with Crippen molar-refractivity contribution in [3.63, 3.8) is 0 Å². The molecule has 0 spiro atoms. The molecule has 1 nitrogen and oxygen atoms in total. The van der Waals surface area contributed by atoms with Gasteiger partial charge in [-0.1, -0.05) is 52.7 Å². The summed E-state index contributed by atoms with van der Waals surface area (Å²) in [5, 5.41) is 0. The van der Waals surface area contributed by atoms with Crippen molar-refractivity contribution in [3.05, 3.63) is 34.4 Å². The van der Waals surface area contributed by atoms with E-state index in [4.69, 9.17) is 0 Å². The van der Waals surface area contributed by atoms with Crippen LogP contribution in [0.1, 0.15) is 80.4 Å². The van der Waals surface area contributed by atoms with Crippen molar-refractivity contribution in [2.75, 3.05) is 0 Å². The number of rotatable bonds is 5. The van der Waals surface area contributed by atoms with Crippen LogP contribution in [0.15, 0.2) is 12.1 Å². The Balaban J connectivity index is 2.35. The standard InChI is InChI=1S/C20H30O/c1-5-15-12-16(6-2)19(17(7-3)13-15)20(21)18-10-8-14(4)9-11-18/h12-14,18H,5-11H2,1-4H3. The molecule has 0 N–H and O–H groups in total. The van der Waals surface area contributed by atoms with Gasteiger partial charge in [-0.2, -0.15) is 0 Å². The zero-order chi connectivity index (χ0) is 15.4. The quantitative estimate of drug-likeness (QED) is 0.664. The van der Waals surface area contributed by atoms with Crippen molar-refractivity contribution in [3.8, 4) is 0 Å². The fraction of sp³-hybridized carbons (Fsp3) is 0.650. The van der Waals surface area contributed by atoms with Crippen LogP contribution < -0.4 is 0 Å². The van der Waals surface area contributed by atoms with E-state index in [0.29, 0.717) is 5.78 Å². The minimum Gasteiger partial charge on any atom is -0.294 e. The number of hydrogen-bond donors (Lipinski definition) is 0. The molecule has 2 rings (SSSR count). The molecule has 116 valence electrons. The smallest absolute Gasteiger partial charge is 0.166 e. The van der Waals surface area contributed by atoms with E-state index in [9.17, 15) is 4.79 Å². The van der Waals surface area contributed by atoms with E-state index in [1.165, 1.54) is 29.5 Å². The van der Waals surface area contributed by atoms with Crippen LogP contribution in [-0.4, -0.2) is 5.78 Å². The van der Waals surface area contributed by atoms with Gasteiger partial charge in [0.15, 0.2) is 5.78 Å². The molecule has 0 atom stereocenters. The summed E-state index contributed by atoms with van der Waals surface area (Å²) in [7, 11) is 0. The second-order valence-corrected chi connectivity index (χ2v) is 6.67. The zero-order valence-corrected chi connectivity index (χ0v) is 14.2. The summed E-state index contributed by atoms with van der Waals surface area (Å²) in [6, 6.07) is 4.52. The Morgan fingerprint density at radius 2 is 1.48 bits per heavy atom. The second kappa shape index (κ2) is 7.24. The van der Waals surface area contributed by atoms with Crippen LogP contribution >= 0.6 is 0 Å². The molecule has 1 fully saturated rings. The number of benzene rings is 1. The van der Waals surface area contributed by atoms with Crippen LogP contribution in [0.5, 0.6) is 0 Å². The highest BCUT2D eigenvalue weighted by atomic mass is 16.1. The van der Waals surface area contributed by atoms with Crippen molar-refractivity contribution in [2.24, 2.45) is 11.8 Å². The lowest BCUT2D eigenvalue weighted by molar-refractivity contribution is 0.0873. The molecule has 0 aromatic heterocycles. The van der Waals surface area contributed by atoms with Gasteiger partial charge in [0.2, 0.25) is 0 Å². The molecule has 1 saturated carbocycles. The van der Waals surface area contributed by atoms with Gasteiger partial charge >= 0.3 is 0 Å². The average molecular weight is 286 g/mol. The van der Waals surface area contributed by atoms with Gasteiger partial charge in [-0.3, -0.25) is 4.79 Å². The summed E-state index contributed by atoms with van der Waals surface area (Å²) in [5.41, 5.74) is 4.99. The fourth-order valence-corrected chi connectivity index (χ4v) is 3.64. The van der Waals surface area contributed by atoms with Crippen molar-refractivity contribution >= 4 is 5.78 Å².